The zero-order chi connectivity index (χ0) is 23.9. The van der Waals surface area contributed by atoms with Crippen LogP contribution in [0.25, 0.3) is 10.9 Å². The van der Waals surface area contributed by atoms with E-state index in [-0.39, 0.29) is 30.3 Å². The number of anilines is 1. The fraction of sp³-hybridized carbons (Fsp3) is 0.370. The monoisotopic (exact) mass is 475 g/mol. The van der Waals surface area contributed by atoms with Crippen LogP contribution in [-0.4, -0.2) is 36.1 Å². The van der Waals surface area contributed by atoms with E-state index in [1.165, 1.54) is 6.07 Å². The summed E-state index contributed by atoms with van der Waals surface area (Å²) in [6.07, 6.45) is 6.39. The molecule has 2 aliphatic heterocycles. The lowest BCUT2D eigenvalue weighted by atomic mass is 9.75. The van der Waals surface area contributed by atoms with E-state index in [0.717, 1.165) is 54.3 Å². The summed E-state index contributed by atoms with van der Waals surface area (Å²) >= 11 is 0. The average molecular weight is 476 g/mol. The van der Waals surface area contributed by atoms with Crippen LogP contribution in [0.4, 0.5) is 10.1 Å². The van der Waals surface area contributed by atoms with E-state index in [1.807, 2.05) is 0 Å². The Hall–Kier alpha value is -3.68. The molecule has 0 saturated heterocycles. The lowest BCUT2D eigenvalue weighted by Gasteiger charge is -2.36. The maximum Gasteiger partial charge on any atom is 0.262 e. The van der Waals surface area contributed by atoms with E-state index in [1.54, 1.807) is 36.5 Å². The van der Waals surface area contributed by atoms with Gasteiger partial charge in [-0.05, 0) is 74.4 Å². The van der Waals surface area contributed by atoms with Crippen LogP contribution in [0.15, 0.2) is 42.6 Å². The maximum atomic E-state index is 13.9. The van der Waals surface area contributed by atoms with Gasteiger partial charge in [0.2, 0.25) is 0 Å². The Kier molecular flexibility index (Phi) is 5.51. The molecular formula is C27H26FN3O4. The topological polar surface area (TPSA) is 89.6 Å². The molecule has 3 aromatic rings. The van der Waals surface area contributed by atoms with E-state index in [9.17, 15) is 14.0 Å². The largest absolute Gasteiger partial charge is 0.491 e. The Morgan fingerprint density at radius 3 is 2.74 bits per heavy atom. The molecule has 2 N–H and O–H groups in total. The quantitative estimate of drug-likeness (QED) is 0.591. The van der Waals surface area contributed by atoms with E-state index >= 15 is 0 Å². The van der Waals surface area contributed by atoms with Gasteiger partial charge in [0.05, 0.1) is 24.0 Å². The fourth-order valence-electron chi connectivity index (χ4n) is 5.59. The van der Waals surface area contributed by atoms with Gasteiger partial charge in [-0.2, -0.15) is 0 Å². The van der Waals surface area contributed by atoms with Crippen LogP contribution < -0.4 is 20.1 Å². The number of nitrogens with zero attached hydrogens (tertiary/aromatic N) is 1. The number of nitrogens with one attached hydrogen (secondary N) is 2. The van der Waals surface area contributed by atoms with Crippen LogP contribution in [-0.2, 0) is 11.2 Å². The van der Waals surface area contributed by atoms with Gasteiger partial charge in [0.15, 0.2) is 6.61 Å². The molecule has 0 radical (unpaired) electrons. The number of halogens is 1. The molecule has 6 rings (SSSR count). The van der Waals surface area contributed by atoms with Crippen molar-refractivity contribution in [2.24, 2.45) is 11.8 Å². The predicted octanol–water partition coefficient (Wildman–Crippen LogP) is 4.24. The summed E-state index contributed by atoms with van der Waals surface area (Å²) in [6, 6.07) is 9.90. The number of carbonyl (C=O) groups is 2. The van der Waals surface area contributed by atoms with Crippen molar-refractivity contribution in [3.63, 3.8) is 0 Å². The number of amides is 2. The lowest BCUT2D eigenvalue weighted by molar-refractivity contribution is -0.118. The van der Waals surface area contributed by atoms with Gasteiger partial charge in [-0.3, -0.25) is 14.6 Å². The standard InChI is InChI=1S/C27H26FN3O4/c28-18-4-7-22-20(11-18)21-9-17(13-34-25(21)12-29-22)15-1-5-19(6-2-15)30-27(33)16-3-8-24-23(10-16)31-26(32)14-35-24/h3-4,7-8,10-12,15,17,19H,1-2,5-6,9,13-14H2,(H,30,33)(H,31,32). The number of benzene rings is 2. The Balaban J connectivity index is 1.08. The highest BCUT2D eigenvalue weighted by Crippen LogP contribution is 2.39. The van der Waals surface area contributed by atoms with Crippen molar-refractivity contribution in [1.29, 1.82) is 0 Å². The van der Waals surface area contributed by atoms with Crippen molar-refractivity contribution in [2.45, 2.75) is 38.1 Å². The van der Waals surface area contributed by atoms with Crippen LogP contribution in [0.1, 0.15) is 41.6 Å². The Morgan fingerprint density at radius 2 is 1.89 bits per heavy atom. The summed E-state index contributed by atoms with van der Waals surface area (Å²) in [5, 5.41) is 6.72. The van der Waals surface area contributed by atoms with Crippen molar-refractivity contribution in [3.8, 4) is 11.5 Å². The van der Waals surface area contributed by atoms with Crippen molar-refractivity contribution in [2.75, 3.05) is 18.5 Å². The number of ether oxygens (including phenoxy) is 2. The third-order valence-corrected chi connectivity index (χ3v) is 7.47. The molecule has 35 heavy (non-hydrogen) atoms. The summed E-state index contributed by atoms with van der Waals surface area (Å²) in [5.41, 5.74) is 2.86. The van der Waals surface area contributed by atoms with Crippen molar-refractivity contribution < 1.29 is 23.5 Å². The molecule has 1 atom stereocenters. The van der Waals surface area contributed by atoms with Crippen LogP contribution in [0.5, 0.6) is 11.5 Å². The van der Waals surface area contributed by atoms with Crippen molar-refractivity contribution in [3.05, 3.63) is 59.5 Å². The van der Waals surface area contributed by atoms with Crippen LogP contribution >= 0.6 is 0 Å². The minimum Gasteiger partial charge on any atom is -0.491 e. The van der Waals surface area contributed by atoms with Gasteiger partial charge in [0.1, 0.15) is 17.3 Å². The number of pyridine rings is 1. The summed E-state index contributed by atoms with van der Waals surface area (Å²) < 4.78 is 25.3. The Morgan fingerprint density at radius 1 is 1.03 bits per heavy atom. The second-order valence-corrected chi connectivity index (χ2v) is 9.67. The second kappa shape index (κ2) is 8.83. The molecule has 2 amide bonds. The van der Waals surface area contributed by atoms with Gasteiger partial charge in [-0.25, -0.2) is 4.39 Å². The van der Waals surface area contributed by atoms with Crippen LogP contribution in [0, 0.1) is 17.7 Å². The predicted molar refractivity (Wildman–Crippen MR) is 128 cm³/mol. The molecule has 1 fully saturated rings. The van der Waals surface area contributed by atoms with Gasteiger partial charge >= 0.3 is 0 Å². The number of aromatic nitrogens is 1. The summed E-state index contributed by atoms with van der Waals surface area (Å²) in [6.45, 7) is 0.628. The molecule has 8 heteroatoms. The normalized spacial score (nSPS) is 23.3. The molecule has 3 aliphatic rings. The second-order valence-electron chi connectivity index (χ2n) is 9.67. The number of rotatable bonds is 3. The smallest absolute Gasteiger partial charge is 0.262 e. The first-order valence-corrected chi connectivity index (χ1v) is 12.1. The molecule has 1 aliphatic carbocycles. The van der Waals surface area contributed by atoms with Crippen molar-refractivity contribution in [1.82, 2.24) is 10.3 Å². The molecule has 2 aromatic carbocycles. The third kappa shape index (κ3) is 4.29. The highest BCUT2D eigenvalue weighted by molar-refractivity contribution is 6.00. The molecular weight excluding hydrogens is 449 g/mol. The summed E-state index contributed by atoms with van der Waals surface area (Å²) in [5.74, 6) is 1.54. The number of hydrogen-bond donors (Lipinski definition) is 2. The first-order chi connectivity index (χ1) is 17.0. The van der Waals surface area contributed by atoms with Gasteiger partial charge < -0.3 is 20.1 Å². The van der Waals surface area contributed by atoms with E-state index in [2.05, 4.69) is 15.6 Å². The molecule has 0 spiro atoms. The van der Waals surface area contributed by atoms with Crippen LogP contribution in [0.3, 0.4) is 0 Å². The molecule has 180 valence electrons. The first kappa shape index (κ1) is 21.8. The first-order valence-electron chi connectivity index (χ1n) is 12.1. The van der Waals surface area contributed by atoms with Crippen LogP contribution in [0.2, 0.25) is 0 Å². The highest BCUT2D eigenvalue weighted by atomic mass is 19.1. The summed E-state index contributed by atoms with van der Waals surface area (Å²) in [7, 11) is 0. The molecule has 0 bridgehead atoms. The SMILES string of the molecule is O=C1COc2ccc(C(=O)NC3CCC(C4COc5cnc6ccc(F)cc6c5C4)CC3)cc2N1. The van der Waals surface area contributed by atoms with E-state index in [0.29, 0.717) is 35.4 Å². The number of hydrogen-bond acceptors (Lipinski definition) is 5. The van der Waals surface area contributed by atoms with E-state index < -0.39 is 0 Å². The fourth-order valence-corrected chi connectivity index (χ4v) is 5.59. The van der Waals surface area contributed by atoms with Gasteiger partial charge in [0.25, 0.3) is 11.8 Å². The molecule has 3 heterocycles. The minimum atomic E-state index is -0.264. The molecule has 1 unspecified atom stereocenters. The lowest BCUT2D eigenvalue weighted by Crippen LogP contribution is -2.40. The van der Waals surface area contributed by atoms with Gasteiger partial charge in [0, 0.05) is 28.5 Å². The van der Waals surface area contributed by atoms with Crippen molar-refractivity contribution >= 4 is 28.4 Å². The average Bonchev–Trinajstić information content (AvgIpc) is 2.88. The summed E-state index contributed by atoms with van der Waals surface area (Å²) in [4.78, 5) is 28.8. The third-order valence-electron chi connectivity index (χ3n) is 7.47. The Bertz CT molecular complexity index is 1320. The highest BCUT2D eigenvalue weighted by Gasteiger charge is 2.32. The minimum absolute atomic E-state index is 0.0105. The Labute approximate surface area is 202 Å². The number of fused-ring (bicyclic) bond motifs is 4. The maximum absolute atomic E-state index is 13.9. The number of carbonyl (C=O) groups excluding carboxylic acids is 2. The molecule has 7 nitrogen and oxygen atoms in total. The zero-order valence-corrected chi connectivity index (χ0v) is 19.2. The molecule has 1 saturated carbocycles. The zero-order valence-electron chi connectivity index (χ0n) is 19.2. The van der Waals surface area contributed by atoms with E-state index in [4.69, 9.17) is 9.47 Å². The molecule has 1 aromatic heterocycles. The van der Waals surface area contributed by atoms with Gasteiger partial charge in [-0.15, -0.1) is 0 Å². The van der Waals surface area contributed by atoms with Gasteiger partial charge in [-0.1, -0.05) is 0 Å².